The van der Waals surface area contributed by atoms with E-state index in [-0.39, 0.29) is 4.47 Å². The van der Waals surface area contributed by atoms with Crippen molar-refractivity contribution in [1.82, 2.24) is 0 Å². The molecule has 1 aromatic rings. The first-order valence-electron chi connectivity index (χ1n) is 2.79. The maximum atomic E-state index is 11.0. The summed E-state index contributed by atoms with van der Waals surface area (Å²) in [5.74, 6) is 0.415. The zero-order chi connectivity index (χ0) is 9.30. The molecular weight excluding hydrogens is 360 g/mol. The number of hydrogen-bond acceptors (Lipinski definition) is 3. The fraction of sp³-hybridized carbons (Fsp3) is 0.167. The van der Waals surface area contributed by atoms with Crippen molar-refractivity contribution in [3.8, 4) is 5.75 Å². The Morgan fingerprint density at radius 2 is 1.83 bits per heavy atom. The van der Waals surface area contributed by atoms with Crippen molar-refractivity contribution in [2.24, 2.45) is 0 Å². The number of hydrogen-bond donors (Lipinski definition) is 0. The maximum Gasteiger partial charge on any atom is 0.355 e. The van der Waals surface area contributed by atoms with Crippen LogP contribution < -0.4 is 10.4 Å². The molecule has 3 nitrogen and oxygen atoms in total. The van der Waals surface area contributed by atoms with Crippen LogP contribution in [-0.4, -0.2) is 7.11 Å². The SMILES string of the molecule is COc1c(Br)c(Br)oc(=O)c1Br. The summed E-state index contributed by atoms with van der Waals surface area (Å²) in [6.07, 6.45) is 0. The largest absolute Gasteiger partial charge is 0.494 e. The van der Waals surface area contributed by atoms with Gasteiger partial charge in [-0.3, -0.25) is 0 Å². The minimum atomic E-state index is -0.484. The highest BCUT2D eigenvalue weighted by molar-refractivity contribution is 9.13. The molecule has 0 N–H and O–H groups in total. The van der Waals surface area contributed by atoms with Gasteiger partial charge in [0.05, 0.1) is 7.11 Å². The standard InChI is InChI=1S/C6H3Br3O3/c1-11-4-2(7)5(9)12-6(10)3(4)8/h1H3. The van der Waals surface area contributed by atoms with Crippen LogP contribution in [0.3, 0.4) is 0 Å². The van der Waals surface area contributed by atoms with Crippen molar-refractivity contribution in [1.29, 1.82) is 0 Å². The van der Waals surface area contributed by atoms with Crippen molar-refractivity contribution >= 4 is 47.8 Å². The molecule has 0 radical (unpaired) electrons. The van der Waals surface area contributed by atoms with Gasteiger partial charge in [-0.15, -0.1) is 0 Å². The minimum absolute atomic E-state index is 0.264. The van der Waals surface area contributed by atoms with Gasteiger partial charge in [-0.2, -0.15) is 0 Å². The summed E-state index contributed by atoms with van der Waals surface area (Å²) in [4.78, 5) is 11.0. The molecule has 0 amide bonds. The minimum Gasteiger partial charge on any atom is -0.494 e. The Balaban J connectivity index is 3.53. The van der Waals surface area contributed by atoms with E-state index < -0.39 is 5.63 Å². The molecule has 66 valence electrons. The normalized spacial score (nSPS) is 10.0. The summed E-state index contributed by atoms with van der Waals surface area (Å²) in [5.41, 5.74) is -0.484. The molecule has 0 spiro atoms. The molecule has 0 aliphatic rings. The second kappa shape index (κ2) is 3.93. The Kier molecular flexibility index (Phi) is 3.37. The zero-order valence-corrected chi connectivity index (χ0v) is 10.6. The average molecular weight is 363 g/mol. The van der Waals surface area contributed by atoms with Crippen LogP contribution >= 0.6 is 47.8 Å². The van der Waals surface area contributed by atoms with Gasteiger partial charge in [0.1, 0.15) is 8.95 Å². The van der Waals surface area contributed by atoms with E-state index in [1.165, 1.54) is 7.11 Å². The van der Waals surface area contributed by atoms with Gasteiger partial charge in [-0.1, -0.05) is 0 Å². The third-order valence-electron chi connectivity index (χ3n) is 1.14. The molecule has 0 atom stereocenters. The Bertz CT molecular complexity index is 358. The number of rotatable bonds is 1. The molecule has 0 aliphatic heterocycles. The van der Waals surface area contributed by atoms with Crippen molar-refractivity contribution in [3.63, 3.8) is 0 Å². The first-order valence-corrected chi connectivity index (χ1v) is 5.17. The van der Waals surface area contributed by atoms with Crippen LogP contribution in [0.5, 0.6) is 5.75 Å². The van der Waals surface area contributed by atoms with Gasteiger partial charge in [-0.25, -0.2) is 4.79 Å². The molecule has 0 aromatic carbocycles. The first kappa shape index (κ1) is 10.3. The predicted octanol–water partition coefficient (Wildman–Crippen LogP) is 2.94. The Morgan fingerprint density at radius 3 is 2.33 bits per heavy atom. The van der Waals surface area contributed by atoms with Crippen LogP contribution in [-0.2, 0) is 0 Å². The van der Waals surface area contributed by atoms with E-state index in [0.29, 0.717) is 14.9 Å². The van der Waals surface area contributed by atoms with Gasteiger partial charge in [0.2, 0.25) is 0 Å². The maximum absolute atomic E-state index is 11.0. The molecule has 1 rings (SSSR count). The molecule has 1 heterocycles. The summed E-state index contributed by atoms with van der Waals surface area (Å²) in [7, 11) is 1.47. The van der Waals surface area contributed by atoms with E-state index in [9.17, 15) is 4.79 Å². The van der Waals surface area contributed by atoms with Crippen molar-refractivity contribution < 1.29 is 9.15 Å². The smallest absolute Gasteiger partial charge is 0.355 e. The molecule has 0 fully saturated rings. The van der Waals surface area contributed by atoms with Gasteiger partial charge in [0, 0.05) is 0 Å². The second-order valence-corrected chi connectivity index (χ2v) is 4.13. The second-order valence-electron chi connectivity index (χ2n) is 1.82. The lowest BCUT2D eigenvalue weighted by atomic mass is 10.5. The molecule has 0 saturated carbocycles. The van der Waals surface area contributed by atoms with Crippen LogP contribution in [0.1, 0.15) is 0 Å². The summed E-state index contributed by atoms with van der Waals surface area (Å²) in [6, 6.07) is 0. The molecule has 0 saturated heterocycles. The molecule has 0 aliphatic carbocycles. The molecule has 0 unspecified atom stereocenters. The highest BCUT2D eigenvalue weighted by Crippen LogP contribution is 2.35. The first-order chi connectivity index (χ1) is 5.57. The lowest BCUT2D eigenvalue weighted by Gasteiger charge is -2.04. The Hall–Kier alpha value is 0.190. The van der Waals surface area contributed by atoms with Crippen LogP contribution in [0.25, 0.3) is 0 Å². The van der Waals surface area contributed by atoms with E-state index in [0.717, 1.165) is 0 Å². The van der Waals surface area contributed by atoms with Gasteiger partial charge < -0.3 is 9.15 Å². The molecule has 12 heavy (non-hydrogen) atoms. The van der Waals surface area contributed by atoms with Gasteiger partial charge in [0.25, 0.3) is 0 Å². The van der Waals surface area contributed by atoms with Crippen LogP contribution in [0.15, 0.2) is 22.8 Å². The number of methoxy groups -OCH3 is 1. The van der Waals surface area contributed by atoms with E-state index in [1.54, 1.807) is 0 Å². The van der Waals surface area contributed by atoms with E-state index in [4.69, 9.17) is 9.15 Å². The Morgan fingerprint density at radius 1 is 1.25 bits per heavy atom. The number of halogens is 3. The quantitative estimate of drug-likeness (QED) is 0.771. The summed E-state index contributed by atoms with van der Waals surface area (Å²) >= 11 is 9.29. The van der Waals surface area contributed by atoms with Gasteiger partial charge in [0.15, 0.2) is 10.4 Å². The highest BCUT2D eigenvalue weighted by atomic mass is 79.9. The lowest BCUT2D eigenvalue weighted by molar-refractivity contribution is 0.388. The van der Waals surface area contributed by atoms with Crippen molar-refractivity contribution in [3.05, 3.63) is 24.0 Å². The fourth-order valence-electron chi connectivity index (χ4n) is 0.629. The molecular formula is C6H3Br3O3. The lowest BCUT2D eigenvalue weighted by Crippen LogP contribution is -2.03. The third-order valence-corrected chi connectivity index (χ3v) is 3.63. The van der Waals surface area contributed by atoms with Crippen LogP contribution in [0.4, 0.5) is 0 Å². The average Bonchev–Trinajstić information content (AvgIpc) is 2.02. The van der Waals surface area contributed by atoms with E-state index >= 15 is 0 Å². The zero-order valence-electron chi connectivity index (χ0n) is 5.86. The van der Waals surface area contributed by atoms with Crippen molar-refractivity contribution in [2.75, 3.05) is 7.11 Å². The summed E-state index contributed by atoms with van der Waals surface area (Å²) < 4.78 is 10.9. The third kappa shape index (κ3) is 1.75. The highest BCUT2D eigenvalue weighted by Gasteiger charge is 2.14. The molecule has 0 bridgehead atoms. The summed E-state index contributed by atoms with van der Waals surface area (Å²) in [6.45, 7) is 0. The van der Waals surface area contributed by atoms with E-state index in [1.807, 2.05) is 0 Å². The van der Waals surface area contributed by atoms with Crippen molar-refractivity contribution in [2.45, 2.75) is 0 Å². The topological polar surface area (TPSA) is 39.4 Å². The van der Waals surface area contributed by atoms with Crippen LogP contribution in [0.2, 0.25) is 0 Å². The predicted molar refractivity (Wildman–Crippen MR) is 54.6 cm³/mol. The van der Waals surface area contributed by atoms with Gasteiger partial charge >= 0.3 is 5.63 Å². The fourth-order valence-corrected chi connectivity index (χ4v) is 2.10. The van der Waals surface area contributed by atoms with Gasteiger partial charge in [-0.05, 0) is 47.8 Å². The molecule has 1 aromatic heterocycles. The number of ether oxygens (including phenoxy) is 1. The van der Waals surface area contributed by atoms with E-state index in [2.05, 4.69) is 47.8 Å². The summed E-state index contributed by atoms with van der Waals surface area (Å²) in [5, 5.41) is 0. The Labute approximate surface area is 93.5 Å². The van der Waals surface area contributed by atoms with Crippen LogP contribution in [0, 0.1) is 0 Å². The molecule has 6 heteroatoms. The monoisotopic (exact) mass is 360 g/mol.